The molecular formula is C19H25N3O3. The highest BCUT2D eigenvalue weighted by atomic mass is 16.5. The number of aromatic amines is 1. The molecule has 2 unspecified atom stereocenters. The highest BCUT2D eigenvalue weighted by Gasteiger charge is 2.30. The van der Waals surface area contributed by atoms with Crippen LogP contribution in [0, 0.1) is 13.8 Å². The molecule has 0 bridgehead atoms. The number of aliphatic hydroxyl groups is 1. The molecule has 25 heavy (non-hydrogen) atoms. The predicted octanol–water partition coefficient (Wildman–Crippen LogP) is 2.31. The van der Waals surface area contributed by atoms with E-state index in [2.05, 4.69) is 36.2 Å². The third kappa shape index (κ3) is 3.91. The predicted molar refractivity (Wildman–Crippen MR) is 95.4 cm³/mol. The molecule has 1 aliphatic heterocycles. The van der Waals surface area contributed by atoms with Gasteiger partial charge in [0.05, 0.1) is 31.1 Å². The summed E-state index contributed by atoms with van der Waals surface area (Å²) in [6.07, 6.45) is 0.0269. The molecule has 6 heteroatoms. The molecule has 1 fully saturated rings. The number of hydrogen-bond acceptors (Lipinski definition) is 4. The molecule has 2 N–H and O–H groups in total. The molecule has 1 aromatic carbocycles. The van der Waals surface area contributed by atoms with Gasteiger partial charge in [0.25, 0.3) is 5.91 Å². The van der Waals surface area contributed by atoms with Crippen LogP contribution in [0.3, 0.4) is 0 Å². The van der Waals surface area contributed by atoms with Gasteiger partial charge in [-0.2, -0.15) is 5.10 Å². The molecule has 2 aromatic rings. The third-order valence-corrected chi connectivity index (χ3v) is 4.71. The lowest BCUT2D eigenvalue weighted by Gasteiger charge is -2.36. The second-order valence-corrected chi connectivity index (χ2v) is 6.78. The van der Waals surface area contributed by atoms with E-state index in [4.69, 9.17) is 4.74 Å². The Labute approximate surface area is 147 Å². The second kappa shape index (κ2) is 7.37. The van der Waals surface area contributed by atoms with Crippen molar-refractivity contribution in [3.63, 3.8) is 0 Å². The molecule has 2 heterocycles. The number of amides is 1. The summed E-state index contributed by atoms with van der Waals surface area (Å²) in [6.45, 7) is 7.35. The molecule has 0 spiro atoms. The number of aliphatic hydroxyl groups excluding tert-OH is 1. The Balaban J connectivity index is 1.80. The average Bonchev–Trinajstić information content (AvgIpc) is 3.07. The van der Waals surface area contributed by atoms with Crippen molar-refractivity contribution in [1.82, 2.24) is 15.1 Å². The van der Waals surface area contributed by atoms with Gasteiger partial charge in [-0.1, -0.05) is 12.1 Å². The summed E-state index contributed by atoms with van der Waals surface area (Å²) in [5.41, 5.74) is 4.63. The number of morpholine rings is 1. The first-order chi connectivity index (χ1) is 12.0. The van der Waals surface area contributed by atoms with Crippen molar-refractivity contribution < 1.29 is 14.6 Å². The molecular weight excluding hydrogens is 318 g/mol. The fourth-order valence-electron chi connectivity index (χ4n) is 3.15. The minimum absolute atomic E-state index is 0.100. The van der Waals surface area contributed by atoms with Crippen molar-refractivity contribution in [2.45, 2.75) is 39.3 Å². The Morgan fingerprint density at radius 3 is 2.92 bits per heavy atom. The molecule has 6 nitrogen and oxygen atoms in total. The van der Waals surface area contributed by atoms with E-state index in [-0.39, 0.29) is 11.9 Å². The largest absolute Gasteiger partial charge is 0.393 e. The Morgan fingerprint density at radius 2 is 2.20 bits per heavy atom. The van der Waals surface area contributed by atoms with E-state index >= 15 is 0 Å². The summed E-state index contributed by atoms with van der Waals surface area (Å²) in [5, 5.41) is 16.8. The second-order valence-electron chi connectivity index (χ2n) is 6.78. The summed E-state index contributed by atoms with van der Waals surface area (Å²) < 4.78 is 5.47. The van der Waals surface area contributed by atoms with Crippen LogP contribution in [0.5, 0.6) is 0 Å². The summed E-state index contributed by atoms with van der Waals surface area (Å²) >= 11 is 0. The SMILES string of the molecule is Cc1ccc(-c2cc(C(=O)N3CCOCC3CC(C)O)[nH]n2)cc1C. The topological polar surface area (TPSA) is 78.5 Å². The van der Waals surface area contributed by atoms with Gasteiger partial charge in [0, 0.05) is 12.1 Å². The molecule has 1 aromatic heterocycles. The minimum atomic E-state index is -0.477. The van der Waals surface area contributed by atoms with Gasteiger partial charge < -0.3 is 14.7 Å². The fourth-order valence-corrected chi connectivity index (χ4v) is 3.15. The molecule has 2 atom stereocenters. The van der Waals surface area contributed by atoms with E-state index in [1.807, 2.05) is 6.07 Å². The van der Waals surface area contributed by atoms with E-state index in [0.29, 0.717) is 31.9 Å². The first-order valence-electron chi connectivity index (χ1n) is 8.65. The lowest BCUT2D eigenvalue weighted by Crippen LogP contribution is -2.49. The van der Waals surface area contributed by atoms with Gasteiger partial charge in [-0.05, 0) is 50.5 Å². The molecule has 134 valence electrons. The summed E-state index contributed by atoms with van der Waals surface area (Å²) in [5.74, 6) is -0.100. The van der Waals surface area contributed by atoms with Crippen LogP contribution >= 0.6 is 0 Å². The van der Waals surface area contributed by atoms with Crippen molar-refractivity contribution in [3.8, 4) is 11.3 Å². The van der Waals surface area contributed by atoms with Crippen molar-refractivity contribution in [2.24, 2.45) is 0 Å². The normalized spacial score (nSPS) is 19.0. The average molecular weight is 343 g/mol. The van der Waals surface area contributed by atoms with E-state index in [9.17, 15) is 9.90 Å². The molecule has 0 radical (unpaired) electrons. The highest BCUT2D eigenvalue weighted by molar-refractivity contribution is 5.93. The highest BCUT2D eigenvalue weighted by Crippen LogP contribution is 2.22. The molecule has 1 amide bonds. The van der Waals surface area contributed by atoms with Gasteiger partial charge in [0.15, 0.2) is 0 Å². The lowest BCUT2D eigenvalue weighted by atomic mass is 10.0. The molecule has 0 saturated carbocycles. The van der Waals surface area contributed by atoms with Gasteiger partial charge in [-0.25, -0.2) is 0 Å². The summed E-state index contributed by atoms with van der Waals surface area (Å²) in [4.78, 5) is 14.6. The van der Waals surface area contributed by atoms with Crippen LogP contribution in [0.25, 0.3) is 11.3 Å². The number of aryl methyl sites for hydroxylation is 2. The number of rotatable bonds is 4. The number of benzene rings is 1. The minimum Gasteiger partial charge on any atom is -0.393 e. The van der Waals surface area contributed by atoms with E-state index in [0.717, 1.165) is 11.3 Å². The zero-order valence-corrected chi connectivity index (χ0v) is 15.0. The third-order valence-electron chi connectivity index (χ3n) is 4.71. The van der Waals surface area contributed by atoms with Gasteiger partial charge >= 0.3 is 0 Å². The smallest absolute Gasteiger partial charge is 0.272 e. The molecule has 3 rings (SSSR count). The fraction of sp³-hybridized carbons (Fsp3) is 0.474. The molecule has 0 aliphatic carbocycles. The quantitative estimate of drug-likeness (QED) is 0.893. The van der Waals surface area contributed by atoms with Gasteiger partial charge in [-0.3, -0.25) is 9.89 Å². The number of nitrogens with zero attached hydrogens (tertiary/aromatic N) is 2. The van der Waals surface area contributed by atoms with Crippen molar-refractivity contribution >= 4 is 5.91 Å². The Morgan fingerprint density at radius 1 is 1.40 bits per heavy atom. The lowest BCUT2D eigenvalue weighted by molar-refractivity contribution is -0.0155. The first-order valence-corrected chi connectivity index (χ1v) is 8.65. The van der Waals surface area contributed by atoms with Crippen LogP contribution < -0.4 is 0 Å². The van der Waals surface area contributed by atoms with Crippen LogP contribution in [0.1, 0.15) is 35.0 Å². The number of hydrogen-bond donors (Lipinski definition) is 2. The van der Waals surface area contributed by atoms with Crippen molar-refractivity contribution in [2.75, 3.05) is 19.8 Å². The Hall–Kier alpha value is -2.18. The number of ether oxygens (including phenoxy) is 1. The zero-order valence-electron chi connectivity index (χ0n) is 15.0. The maximum absolute atomic E-state index is 12.9. The van der Waals surface area contributed by atoms with E-state index in [1.165, 1.54) is 11.1 Å². The number of H-pyrrole nitrogens is 1. The monoisotopic (exact) mass is 343 g/mol. The van der Waals surface area contributed by atoms with E-state index in [1.54, 1.807) is 17.9 Å². The molecule has 1 saturated heterocycles. The van der Waals surface area contributed by atoms with Crippen LogP contribution in [-0.4, -0.2) is 58.0 Å². The van der Waals surface area contributed by atoms with Crippen LogP contribution in [0.15, 0.2) is 24.3 Å². The Bertz CT molecular complexity index is 754. The number of aromatic nitrogens is 2. The summed E-state index contributed by atoms with van der Waals surface area (Å²) in [6, 6.07) is 7.82. The summed E-state index contributed by atoms with van der Waals surface area (Å²) in [7, 11) is 0. The van der Waals surface area contributed by atoms with Crippen LogP contribution in [0.4, 0.5) is 0 Å². The van der Waals surface area contributed by atoms with Gasteiger partial charge in [-0.15, -0.1) is 0 Å². The van der Waals surface area contributed by atoms with E-state index < -0.39 is 6.10 Å². The number of nitrogens with one attached hydrogen (secondary N) is 1. The standard InChI is InChI=1S/C19H25N3O3/c1-12-4-5-15(8-13(12)2)17-10-18(21-20-17)19(24)22-6-7-25-11-16(22)9-14(3)23/h4-5,8,10,14,16,23H,6-7,9,11H2,1-3H3,(H,20,21). The van der Waals surface area contributed by atoms with Crippen molar-refractivity contribution in [3.05, 3.63) is 41.1 Å². The first kappa shape index (κ1) is 17.6. The zero-order chi connectivity index (χ0) is 18.0. The number of carbonyl (C=O) groups excluding carboxylic acids is 1. The van der Waals surface area contributed by atoms with Gasteiger partial charge in [0.2, 0.25) is 0 Å². The molecule has 1 aliphatic rings. The number of carbonyl (C=O) groups is 1. The van der Waals surface area contributed by atoms with Gasteiger partial charge in [0.1, 0.15) is 5.69 Å². The van der Waals surface area contributed by atoms with Crippen LogP contribution in [0.2, 0.25) is 0 Å². The van der Waals surface area contributed by atoms with Crippen molar-refractivity contribution in [1.29, 1.82) is 0 Å². The van der Waals surface area contributed by atoms with Crippen LogP contribution in [-0.2, 0) is 4.74 Å². The maximum atomic E-state index is 12.9. The Kier molecular flexibility index (Phi) is 5.20. The maximum Gasteiger partial charge on any atom is 0.272 e.